The largest absolute Gasteiger partial charge is 0.383 e. The molecule has 0 saturated heterocycles. The number of carbonyl (C=O) groups excluding carboxylic acids is 2. The fraction of sp³-hybridized carbons (Fsp3) is 0.154. The van der Waals surface area contributed by atoms with Crippen molar-refractivity contribution in [3.63, 3.8) is 0 Å². The highest BCUT2D eigenvalue weighted by molar-refractivity contribution is 7.99. The zero-order valence-corrected chi connectivity index (χ0v) is 24.1. The molecule has 0 spiro atoms. The van der Waals surface area contributed by atoms with Crippen LogP contribution >= 0.6 is 35.0 Å². The zero-order valence-electron chi connectivity index (χ0n) is 20.9. The average Bonchev–Trinajstić information content (AvgIpc) is 2.93. The van der Waals surface area contributed by atoms with Crippen molar-refractivity contribution >= 4 is 69.0 Å². The van der Waals surface area contributed by atoms with Gasteiger partial charge < -0.3 is 11.5 Å². The maximum absolute atomic E-state index is 12.3. The van der Waals surface area contributed by atoms with E-state index in [0.29, 0.717) is 37.6 Å². The number of nitrogens with zero attached hydrogens (tertiary/aromatic N) is 4. The fourth-order valence-corrected chi connectivity index (χ4v) is 4.49. The fourth-order valence-electron chi connectivity index (χ4n) is 3.06. The van der Waals surface area contributed by atoms with Gasteiger partial charge in [0.15, 0.2) is 16.7 Å². The molecule has 9 nitrogen and oxygen atoms in total. The second-order valence-electron chi connectivity index (χ2n) is 7.64. The number of hydrogen-bond donors (Lipinski definition) is 2. The Morgan fingerprint density at radius 2 is 1.26 bits per heavy atom. The van der Waals surface area contributed by atoms with E-state index in [9.17, 15) is 13.8 Å². The van der Waals surface area contributed by atoms with Crippen molar-refractivity contribution in [2.75, 3.05) is 23.0 Å². The Morgan fingerprint density at radius 1 is 0.795 bits per heavy atom. The SMILES string of the molecule is CCS(=O)c1ncc(C(=O)c2ccc(Cl)cc2)c(N)n1.CCSc1ncc(C(=O)c2ccc(Cl)cc2)c(N)n1. The maximum atomic E-state index is 12.3. The molecule has 0 aliphatic heterocycles. The molecule has 1 unspecified atom stereocenters. The number of nitrogens with two attached hydrogens (primary N) is 2. The number of anilines is 2. The van der Waals surface area contributed by atoms with Crippen molar-refractivity contribution in [1.29, 1.82) is 0 Å². The maximum Gasteiger partial charge on any atom is 0.220 e. The van der Waals surface area contributed by atoms with E-state index >= 15 is 0 Å². The highest BCUT2D eigenvalue weighted by Gasteiger charge is 2.17. The summed E-state index contributed by atoms with van der Waals surface area (Å²) in [6.45, 7) is 3.75. The van der Waals surface area contributed by atoms with Crippen LogP contribution in [0.15, 0.2) is 71.2 Å². The highest BCUT2D eigenvalue weighted by Crippen LogP contribution is 2.20. The summed E-state index contributed by atoms with van der Waals surface area (Å²) in [5.41, 5.74) is 13.0. The Hall–Kier alpha value is -3.38. The first-order valence-corrected chi connectivity index (χ1v) is 14.6. The van der Waals surface area contributed by atoms with Crippen LogP contribution in [-0.4, -0.2) is 47.2 Å². The summed E-state index contributed by atoms with van der Waals surface area (Å²) in [6.07, 6.45) is 2.78. The van der Waals surface area contributed by atoms with Crippen LogP contribution in [0.25, 0.3) is 0 Å². The molecule has 2 aromatic carbocycles. The van der Waals surface area contributed by atoms with Gasteiger partial charge in [-0.05, 0) is 54.3 Å². The minimum Gasteiger partial charge on any atom is -0.383 e. The molecule has 0 bridgehead atoms. The third-order valence-corrected chi connectivity index (χ3v) is 7.41. The van der Waals surface area contributed by atoms with E-state index in [1.54, 1.807) is 55.5 Å². The van der Waals surface area contributed by atoms with Crippen LogP contribution in [0.4, 0.5) is 11.6 Å². The molecular weight excluding hydrogens is 579 g/mol. The van der Waals surface area contributed by atoms with Gasteiger partial charge in [-0.2, -0.15) is 0 Å². The number of aromatic nitrogens is 4. The Kier molecular flexibility index (Phi) is 10.9. The third-order valence-electron chi connectivity index (χ3n) is 5.03. The summed E-state index contributed by atoms with van der Waals surface area (Å²) in [5, 5.41) is 1.83. The van der Waals surface area contributed by atoms with Crippen molar-refractivity contribution in [3.8, 4) is 0 Å². The Bertz CT molecular complexity index is 1500. The van der Waals surface area contributed by atoms with Crippen LogP contribution in [0.5, 0.6) is 0 Å². The van der Waals surface area contributed by atoms with Gasteiger partial charge in [0.25, 0.3) is 0 Å². The van der Waals surface area contributed by atoms with Crippen molar-refractivity contribution in [3.05, 3.63) is 93.2 Å². The Labute approximate surface area is 242 Å². The molecule has 202 valence electrons. The van der Waals surface area contributed by atoms with Gasteiger partial charge in [-0.25, -0.2) is 19.9 Å². The lowest BCUT2D eigenvalue weighted by molar-refractivity contribution is 0.103. The topological polar surface area (TPSA) is 155 Å². The molecule has 2 aromatic heterocycles. The lowest BCUT2D eigenvalue weighted by Crippen LogP contribution is -2.11. The number of carbonyl (C=O) groups is 2. The molecule has 0 aliphatic rings. The van der Waals surface area contributed by atoms with Gasteiger partial charge >= 0.3 is 0 Å². The highest BCUT2D eigenvalue weighted by atomic mass is 35.5. The Morgan fingerprint density at radius 3 is 1.67 bits per heavy atom. The summed E-state index contributed by atoms with van der Waals surface area (Å²) in [7, 11) is -1.30. The summed E-state index contributed by atoms with van der Waals surface area (Å²) >= 11 is 13.0. The molecule has 0 radical (unpaired) electrons. The van der Waals surface area contributed by atoms with E-state index in [-0.39, 0.29) is 33.9 Å². The second kappa shape index (κ2) is 14.1. The molecule has 0 fully saturated rings. The molecule has 39 heavy (non-hydrogen) atoms. The van der Waals surface area contributed by atoms with Crippen molar-refractivity contribution in [2.24, 2.45) is 0 Å². The van der Waals surface area contributed by atoms with E-state index < -0.39 is 10.8 Å². The summed E-state index contributed by atoms with van der Waals surface area (Å²) < 4.78 is 11.6. The zero-order chi connectivity index (χ0) is 28.5. The van der Waals surface area contributed by atoms with Gasteiger partial charge in [0, 0.05) is 39.3 Å². The smallest absolute Gasteiger partial charge is 0.220 e. The normalized spacial score (nSPS) is 11.3. The van der Waals surface area contributed by atoms with Crippen molar-refractivity contribution in [1.82, 2.24) is 19.9 Å². The van der Waals surface area contributed by atoms with Crippen molar-refractivity contribution < 1.29 is 13.8 Å². The second-order valence-corrected chi connectivity index (χ2v) is 11.4. The number of rotatable bonds is 8. The molecule has 4 aromatic rings. The lowest BCUT2D eigenvalue weighted by atomic mass is 10.1. The Balaban J connectivity index is 0.000000216. The van der Waals surface area contributed by atoms with Gasteiger partial charge in [-0.15, -0.1) is 0 Å². The van der Waals surface area contributed by atoms with Gasteiger partial charge in [-0.1, -0.05) is 48.8 Å². The minimum absolute atomic E-state index is 0.0248. The molecule has 4 rings (SSSR count). The number of nitrogen functional groups attached to an aromatic ring is 2. The molecule has 0 amide bonds. The van der Waals surface area contributed by atoms with E-state index in [0.717, 1.165) is 5.75 Å². The van der Waals surface area contributed by atoms with E-state index in [1.807, 2.05) is 6.92 Å². The number of ketones is 2. The van der Waals surface area contributed by atoms with E-state index in [4.69, 9.17) is 34.7 Å². The van der Waals surface area contributed by atoms with Crippen LogP contribution in [0.2, 0.25) is 10.0 Å². The molecule has 1 atom stereocenters. The van der Waals surface area contributed by atoms with Crippen LogP contribution < -0.4 is 11.5 Å². The number of benzene rings is 2. The first-order chi connectivity index (χ1) is 18.6. The molecule has 0 saturated carbocycles. The quantitative estimate of drug-likeness (QED) is 0.157. The first kappa shape index (κ1) is 30.2. The van der Waals surface area contributed by atoms with E-state index in [1.165, 1.54) is 24.2 Å². The van der Waals surface area contributed by atoms with Crippen LogP contribution in [-0.2, 0) is 10.8 Å². The van der Waals surface area contributed by atoms with Crippen LogP contribution in [0.1, 0.15) is 45.7 Å². The van der Waals surface area contributed by atoms with Crippen molar-refractivity contribution in [2.45, 2.75) is 24.2 Å². The monoisotopic (exact) mass is 602 g/mol. The standard InChI is InChI=1S/C13H12ClN3O2S.C13H12ClN3OS/c1-2-20(19)13-16-7-10(12(15)17-13)11(18)8-3-5-9(14)6-4-8;1-2-19-13-16-7-10(12(15)17-13)11(18)8-3-5-9(14)6-4-8/h3-7H,2H2,1H3,(H2,15,16,17);3-7H,2H2,1H3,(H2,15,16,17). The van der Waals surface area contributed by atoms with E-state index in [2.05, 4.69) is 19.9 Å². The molecule has 0 aliphatic carbocycles. The van der Waals surface area contributed by atoms with Gasteiger partial charge in [0.05, 0.1) is 21.9 Å². The van der Waals surface area contributed by atoms with Gasteiger partial charge in [0.2, 0.25) is 5.16 Å². The van der Waals surface area contributed by atoms with Gasteiger partial charge in [0.1, 0.15) is 11.6 Å². The molecule has 2 heterocycles. The number of hydrogen-bond acceptors (Lipinski definition) is 10. The predicted molar refractivity (Wildman–Crippen MR) is 156 cm³/mol. The van der Waals surface area contributed by atoms with Gasteiger partial charge in [-0.3, -0.25) is 13.8 Å². The minimum atomic E-state index is -1.30. The average molecular weight is 604 g/mol. The summed E-state index contributed by atoms with van der Waals surface area (Å²) in [6, 6.07) is 13.1. The number of thioether (sulfide) groups is 1. The summed E-state index contributed by atoms with van der Waals surface area (Å²) in [4.78, 5) is 40.6. The third kappa shape index (κ3) is 8.06. The molecule has 4 N–H and O–H groups in total. The predicted octanol–water partition coefficient (Wildman–Crippen LogP) is 5.13. The summed E-state index contributed by atoms with van der Waals surface area (Å²) in [5.74, 6) is 0.964. The lowest BCUT2D eigenvalue weighted by Gasteiger charge is -2.05. The first-order valence-electron chi connectivity index (χ1n) is 11.5. The molecular formula is C26H24Cl2N6O3S2. The van der Waals surface area contributed by atoms with Crippen LogP contribution in [0, 0.1) is 0 Å². The number of halogens is 2. The van der Waals surface area contributed by atoms with Crippen LogP contribution in [0.3, 0.4) is 0 Å². The molecule has 13 heteroatoms.